The van der Waals surface area contributed by atoms with E-state index in [-0.39, 0.29) is 0 Å². The number of aromatic hydroxyl groups is 1. The van der Waals surface area contributed by atoms with Crippen molar-refractivity contribution in [1.82, 2.24) is 0 Å². The van der Waals surface area contributed by atoms with E-state index in [4.69, 9.17) is 0 Å². The topological polar surface area (TPSA) is 107 Å². The molecule has 0 spiro atoms. The van der Waals surface area contributed by atoms with Gasteiger partial charge in [-0.2, -0.15) is 0 Å². The van der Waals surface area contributed by atoms with Crippen LogP contribution in [0.3, 0.4) is 0 Å². The van der Waals surface area contributed by atoms with Gasteiger partial charge in [0, 0.05) is 5.56 Å². The Kier molecular flexibility index (Phi) is 5.89. The van der Waals surface area contributed by atoms with Crippen molar-refractivity contribution in [3.8, 4) is 5.75 Å². The van der Waals surface area contributed by atoms with Crippen molar-refractivity contribution in [2.75, 3.05) is 0 Å². The molecule has 110 valence electrons. The van der Waals surface area contributed by atoms with E-state index in [1.165, 1.54) is 6.07 Å². The van der Waals surface area contributed by atoms with Gasteiger partial charge in [0.1, 0.15) is 0 Å². The smallest absolute Gasteiger partial charge is 0.387 e. The molecule has 0 bridgehead atoms. The average Bonchev–Trinajstić information content (AvgIpc) is 2.38. The highest BCUT2D eigenvalue weighted by Gasteiger charge is 2.32. The lowest BCUT2D eigenvalue weighted by atomic mass is 10.0. The molecule has 0 aliphatic rings. The molecule has 0 unspecified atom stereocenters. The molecule has 0 aliphatic heterocycles. The zero-order chi connectivity index (χ0) is 15.1. The summed E-state index contributed by atoms with van der Waals surface area (Å²) in [6, 6.07) is 2.53. The van der Waals surface area contributed by atoms with E-state index in [1.54, 1.807) is 0 Å². The van der Waals surface area contributed by atoms with Crippen molar-refractivity contribution in [2.45, 2.75) is 45.4 Å². The predicted molar refractivity (Wildman–Crippen MR) is 73.9 cm³/mol. The first-order valence-corrected chi connectivity index (χ1v) is 6.62. The summed E-state index contributed by atoms with van der Waals surface area (Å²) in [7, 11) is 0. The standard InChI is InChI=1S/C13H18N2O5/c1-2-3-4-5-6-7-10-8-9-11(16)13(15(19)20)12(10)14(17)18/h8-9,16H,2-7H2,1H3. The first-order valence-electron chi connectivity index (χ1n) is 6.62. The highest BCUT2D eigenvalue weighted by atomic mass is 16.6. The van der Waals surface area contributed by atoms with Gasteiger partial charge in [-0.25, -0.2) is 0 Å². The Balaban J connectivity index is 2.93. The van der Waals surface area contributed by atoms with Crippen LogP contribution in [0.4, 0.5) is 11.4 Å². The zero-order valence-electron chi connectivity index (χ0n) is 11.4. The van der Waals surface area contributed by atoms with Crippen molar-refractivity contribution >= 4 is 11.4 Å². The van der Waals surface area contributed by atoms with Crippen LogP contribution in [0.2, 0.25) is 0 Å². The van der Waals surface area contributed by atoms with Crippen LogP contribution < -0.4 is 0 Å². The number of nitro groups is 2. The average molecular weight is 282 g/mol. The van der Waals surface area contributed by atoms with Gasteiger partial charge in [0.05, 0.1) is 9.85 Å². The number of aryl methyl sites for hydroxylation is 1. The number of hydrogen-bond donors (Lipinski definition) is 1. The maximum atomic E-state index is 11.0. The van der Waals surface area contributed by atoms with Gasteiger partial charge in [-0.3, -0.25) is 20.2 Å². The van der Waals surface area contributed by atoms with Gasteiger partial charge in [0.15, 0.2) is 0 Å². The molecule has 7 heteroatoms. The van der Waals surface area contributed by atoms with Gasteiger partial charge >= 0.3 is 11.4 Å². The second kappa shape index (κ2) is 7.42. The minimum absolute atomic E-state index is 0.302. The molecule has 0 aromatic heterocycles. The first-order chi connectivity index (χ1) is 9.49. The van der Waals surface area contributed by atoms with E-state index in [0.29, 0.717) is 12.0 Å². The van der Waals surface area contributed by atoms with Crippen molar-refractivity contribution in [1.29, 1.82) is 0 Å². The molecule has 1 rings (SSSR count). The summed E-state index contributed by atoms with van der Waals surface area (Å²) in [5, 5.41) is 31.3. The summed E-state index contributed by atoms with van der Waals surface area (Å²) in [6.45, 7) is 2.09. The lowest BCUT2D eigenvalue weighted by Crippen LogP contribution is -2.01. The third-order valence-corrected chi connectivity index (χ3v) is 3.13. The quantitative estimate of drug-likeness (QED) is 0.444. The summed E-state index contributed by atoms with van der Waals surface area (Å²) in [5.74, 6) is -0.670. The van der Waals surface area contributed by atoms with E-state index in [2.05, 4.69) is 6.92 Å². The Morgan fingerprint density at radius 2 is 1.60 bits per heavy atom. The molecule has 0 fully saturated rings. The monoisotopic (exact) mass is 282 g/mol. The Hall–Kier alpha value is -2.18. The maximum Gasteiger partial charge on any atom is 0.387 e. The molecule has 1 N–H and O–H groups in total. The molecular formula is C13H18N2O5. The molecule has 0 saturated carbocycles. The highest BCUT2D eigenvalue weighted by Crippen LogP contribution is 2.38. The van der Waals surface area contributed by atoms with E-state index in [9.17, 15) is 25.3 Å². The number of nitrogens with zero attached hydrogens (tertiary/aromatic N) is 2. The molecule has 0 aliphatic carbocycles. The predicted octanol–water partition coefficient (Wildman–Crippen LogP) is 3.72. The Morgan fingerprint density at radius 3 is 2.15 bits per heavy atom. The van der Waals surface area contributed by atoms with E-state index in [0.717, 1.165) is 38.2 Å². The van der Waals surface area contributed by atoms with E-state index in [1.807, 2.05) is 0 Å². The summed E-state index contributed by atoms with van der Waals surface area (Å²) in [4.78, 5) is 20.2. The molecule has 0 saturated heterocycles. The van der Waals surface area contributed by atoms with Gasteiger partial charge in [0.25, 0.3) is 0 Å². The molecule has 0 radical (unpaired) electrons. The van der Waals surface area contributed by atoms with Crippen LogP contribution in [0.5, 0.6) is 5.75 Å². The summed E-state index contributed by atoms with van der Waals surface area (Å²) >= 11 is 0. The number of rotatable bonds is 8. The van der Waals surface area contributed by atoms with Gasteiger partial charge in [0.2, 0.25) is 5.75 Å². The fourth-order valence-electron chi connectivity index (χ4n) is 2.12. The highest BCUT2D eigenvalue weighted by molar-refractivity contribution is 5.65. The zero-order valence-corrected chi connectivity index (χ0v) is 11.4. The number of nitro benzene ring substituents is 2. The molecule has 7 nitrogen and oxygen atoms in total. The third kappa shape index (κ3) is 3.91. The van der Waals surface area contributed by atoms with Crippen molar-refractivity contribution in [3.05, 3.63) is 37.9 Å². The summed E-state index contributed by atoms with van der Waals surface area (Å²) < 4.78 is 0. The Labute approximate surface area is 116 Å². The van der Waals surface area contributed by atoms with Gasteiger partial charge < -0.3 is 5.11 Å². The fraction of sp³-hybridized carbons (Fsp3) is 0.538. The minimum atomic E-state index is -0.909. The molecule has 1 aromatic rings. The number of phenols is 1. The second-order valence-electron chi connectivity index (χ2n) is 4.62. The lowest BCUT2D eigenvalue weighted by molar-refractivity contribution is -0.423. The Morgan fingerprint density at radius 1 is 1.00 bits per heavy atom. The van der Waals surface area contributed by atoms with Gasteiger partial charge in [-0.05, 0) is 25.0 Å². The SMILES string of the molecule is CCCCCCCc1ccc(O)c([N+](=O)[O-])c1[N+](=O)[O-]. The van der Waals surface area contributed by atoms with Crippen LogP contribution in [-0.2, 0) is 6.42 Å². The van der Waals surface area contributed by atoms with Crippen LogP contribution in [0.15, 0.2) is 12.1 Å². The molecule has 1 aromatic carbocycles. The normalized spacial score (nSPS) is 10.4. The van der Waals surface area contributed by atoms with E-state index < -0.39 is 27.0 Å². The number of hydrogen-bond acceptors (Lipinski definition) is 5. The molecule has 20 heavy (non-hydrogen) atoms. The summed E-state index contributed by atoms with van der Waals surface area (Å²) in [5.41, 5.74) is -1.11. The number of benzene rings is 1. The number of unbranched alkanes of at least 4 members (excludes halogenated alkanes) is 4. The molecule has 0 amide bonds. The molecule has 0 heterocycles. The van der Waals surface area contributed by atoms with Crippen LogP contribution in [0.25, 0.3) is 0 Å². The van der Waals surface area contributed by atoms with Crippen LogP contribution >= 0.6 is 0 Å². The molecule has 0 atom stereocenters. The summed E-state index contributed by atoms with van der Waals surface area (Å²) in [6.07, 6.45) is 5.33. The second-order valence-corrected chi connectivity index (χ2v) is 4.62. The molecular weight excluding hydrogens is 264 g/mol. The van der Waals surface area contributed by atoms with Crippen molar-refractivity contribution in [2.24, 2.45) is 0 Å². The largest absolute Gasteiger partial charge is 0.502 e. The van der Waals surface area contributed by atoms with Gasteiger partial charge in [-0.15, -0.1) is 0 Å². The first kappa shape index (κ1) is 15.9. The van der Waals surface area contributed by atoms with Crippen molar-refractivity contribution in [3.63, 3.8) is 0 Å². The fourth-order valence-corrected chi connectivity index (χ4v) is 2.12. The minimum Gasteiger partial charge on any atom is -0.502 e. The van der Waals surface area contributed by atoms with Crippen LogP contribution in [0, 0.1) is 20.2 Å². The maximum absolute atomic E-state index is 11.0. The van der Waals surface area contributed by atoms with Crippen LogP contribution in [0.1, 0.15) is 44.6 Å². The third-order valence-electron chi connectivity index (χ3n) is 3.13. The van der Waals surface area contributed by atoms with Crippen LogP contribution in [-0.4, -0.2) is 15.0 Å². The van der Waals surface area contributed by atoms with E-state index >= 15 is 0 Å². The Bertz CT molecular complexity index is 502. The lowest BCUT2D eigenvalue weighted by Gasteiger charge is -2.05. The van der Waals surface area contributed by atoms with Crippen molar-refractivity contribution < 1.29 is 15.0 Å². The number of phenolic OH excluding ortho intramolecular Hbond substituents is 1. The van der Waals surface area contributed by atoms with Gasteiger partial charge in [-0.1, -0.05) is 32.6 Å².